The zero-order valence-corrected chi connectivity index (χ0v) is 10.5. The number of anilines is 1. The van der Waals surface area contributed by atoms with Crippen molar-refractivity contribution in [2.24, 2.45) is 5.92 Å². The van der Waals surface area contributed by atoms with E-state index in [1.165, 1.54) is 18.2 Å². The third kappa shape index (κ3) is 3.30. The van der Waals surface area contributed by atoms with Crippen molar-refractivity contribution in [3.05, 3.63) is 24.0 Å². The van der Waals surface area contributed by atoms with E-state index in [-0.39, 0.29) is 5.82 Å². The van der Waals surface area contributed by atoms with E-state index in [1.54, 1.807) is 0 Å². The fraction of sp³-hybridized carbons (Fsp3) is 0.500. The van der Waals surface area contributed by atoms with Gasteiger partial charge in [0, 0.05) is 11.4 Å². The minimum atomic E-state index is -1.20. The van der Waals surface area contributed by atoms with Gasteiger partial charge < -0.3 is 5.73 Å². The van der Waals surface area contributed by atoms with Crippen molar-refractivity contribution in [3.8, 4) is 0 Å². The molecule has 2 nitrogen and oxygen atoms in total. The monoisotopic (exact) mass is 243 g/mol. The Kier molecular flexibility index (Phi) is 4.93. The molecule has 0 bridgehead atoms. The van der Waals surface area contributed by atoms with Crippen LogP contribution in [0, 0.1) is 11.7 Å². The zero-order valence-electron chi connectivity index (χ0n) is 9.70. The van der Waals surface area contributed by atoms with Crippen LogP contribution in [0.4, 0.5) is 10.1 Å². The van der Waals surface area contributed by atoms with Crippen LogP contribution in [0.15, 0.2) is 23.1 Å². The van der Waals surface area contributed by atoms with Crippen LogP contribution >= 0.6 is 0 Å². The molecule has 0 amide bonds. The Morgan fingerprint density at radius 1 is 1.38 bits per heavy atom. The molecule has 0 aliphatic heterocycles. The first-order valence-electron chi connectivity index (χ1n) is 5.51. The van der Waals surface area contributed by atoms with E-state index in [4.69, 9.17) is 5.73 Å². The van der Waals surface area contributed by atoms with Gasteiger partial charge in [-0.15, -0.1) is 0 Å². The second kappa shape index (κ2) is 5.99. The SMILES string of the molecule is CCC(CC)CS(=O)c1cc(F)ccc1N. The lowest BCUT2D eigenvalue weighted by molar-refractivity contribution is 0.544. The summed E-state index contributed by atoms with van der Waals surface area (Å²) < 4.78 is 25.0. The van der Waals surface area contributed by atoms with Gasteiger partial charge in [0.25, 0.3) is 0 Å². The van der Waals surface area contributed by atoms with Gasteiger partial charge in [0.2, 0.25) is 0 Å². The number of benzene rings is 1. The van der Waals surface area contributed by atoms with Gasteiger partial charge in [0.15, 0.2) is 0 Å². The van der Waals surface area contributed by atoms with Gasteiger partial charge in [-0.05, 0) is 24.1 Å². The van der Waals surface area contributed by atoms with Crippen molar-refractivity contribution in [3.63, 3.8) is 0 Å². The van der Waals surface area contributed by atoms with Crippen molar-refractivity contribution >= 4 is 16.5 Å². The third-order valence-electron chi connectivity index (χ3n) is 2.76. The minimum Gasteiger partial charge on any atom is -0.398 e. The molecule has 4 heteroatoms. The maximum Gasteiger partial charge on any atom is 0.124 e. The summed E-state index contributed by atoms with van der Waals surface area (Å²) in [5, 5.41) is 0. The van der Waals surface area contributed by atoms with E-state index in [0.29, 0.717) is 22.3 Å². The van der Waals surface area contributed by atoms with Crippen LogP contribution < -0.4 is 5.73 Å². The molecule has 0 heterocycles. The molecular formula is C12H18FNOS. The predicted molar refractivity (Wildman–Crippen MR) is 66.2 cm³/mol. The van der Waals surface area contributed by atoms with Crippen molar-refractivity contribution in [1.82, 2.24) is 0 Å². The smallest absolute Gasteiger partial charge is 0.124 e. The molecule has 0 saturated heterocycles. The van der Waals surface area contributed by atoms with Gasteiger partial charge in [-0.3, -0.25) is 4.21 Å². The second-order valence-corrected chi connectivity index (χ2v) is 5.34. The zero-order chi connectivity index (χ0) is 12.1. The molecular weight excluding hydrogens is 225 g/mol. The van der Waals surface area contributed by atoms with Crippen LogP contribution in [-0.2, 0) is 10.8 Å². The average molecular weight is 243 g/mol. The summed E-state index contributed by atoms with van der Waals surface area (Å²) in [6.07, 6.45) is 1.97. The molecule has 0 fully saturated rings. The first kappa shape index (κ1) is 13.2. The van der Waals surface area contributed by atoms with Gasteiger partial charge in [0.05, 0.1) is 15.7 Å². The van der Waals surface area contributed by atoms with Crippen LogP contribution in [-0.4, -0.2) is 9.96 Å². The summed E-state index contributed by atoms with van der Waals surface area (Å²) >= 11 is 0. The number of halogens is 1. The Bertz CT molecular complexity index is 377. The highest BCUT2D eigenvalue weighted by atomic mass is 32.2. The van der Waals surface area contributed by atoms with Crippen LogP contribution in [0.5, 0.6) is 0 Å². The predicted octanol–water partition coefficient (Wildman–Crippen LogP) is 2.95. The van der Waals surface area contributed by atoms with E-state index in [1.807, 2.05) is 0 Å². The molecule has 1 aromatic rings. The minimum absolute atomic E-state index is 0.387. The molecule has 0 saturated carbocycles. The third-order valence-corrected chi connectivity index (χ3v) is 4.38. The quantitative estimate of drug-likeness (QED) is 0.808. The Hall–Kier alpha value is -0.900. The van der Waals surface area contributed by atoms with E-state index >= 15 is 0 Å². The number of nitrogens with two attached hydrogens (primary N) is 1. The second-order valence-electron chi connectivity index (χ2n) is 3.88. The Morgan fingerprint density at radius 2 is 2.00 bits per heavy atom. The van der Waals surface area contributed by atoms with Crippen molar-refractivity contribution in [2.75, 3.05) is 11.5 Å². The molecule has 2 N–H and O–H groups in total. The number of hydrogen-bond acceptors (Lipinski definition) is 2. The van der Waals surface area contributed by atoms with E-state index in [0.717, 1.165) is 12.8 Å². The Balaban J connectivity index is 2.83. The van der Waals surface area contributed by atoms with Crippen molar-refractivity contribution in [1.29, 1.82) is 0 Å². The summed E-state index contributed by atoms with van der Waals surface area (Å²) in [4.78, 5) is 0.423. The molecule has 1 rings (SSSR count). The van der Waals surface area contributed by atoms with Crippen molar-refractivity contribution in [2.45, 2.75) is 31.6 Å². The molecule has 1 atom stereocenters. The Labute approximate surface area is 98.5 Å². The topological polar surface area (TPSA) is 43.1 Å². The van der Waals surface area contributed by atoms with Gasteiger partial charge in [-0.1, -0.05) is 26.7 Å². The summed E-state index contributed by atoms with van der Waals surface area (Å²) in [5.74, 6) is 0.575. The van der Waals surface area contributed by atoms with Crippen LogP contribution in [0.2, 0.25) is 0 Å². The van der Waals surface area contributed by atoms with Crippen LogP contribution in [0.1, 0.15) is 26.7 Å². The van der Waals surface area contributed by atoms with Crippen LogP contribution in [0.25, 0.3) is 0 Å². The van der Waals surface area contributed by atoms with Gasteiger partial charge in [0.1, 0.15) is 5.82 Å². The highest BCUT2D eigenvalue weighted by Crippen LogP contribution is 2.21. The fourth-order valence-corrected chi connectivity index (χ4v) is 3.19. The van der Waals surface area contributed by atoms with Gasteiger partial charge >= 0.3 is 0 Å². The lowest BCUT2D eigenvalue weighted by Gasteiger charge is -2.12. The molecule has 0 aromatic heterocycles. The van der Waals surface area contributed by atoms with E-state index < -0.39 is 10.8 Å². The summed E-state index contributed by atoms with van der Waals surface area (Å²) in [7, 11) is -1.20. The molecule has 90 valence electrons. The number of rotatable bonds is 5. The molecule has 16 heavy (non-hydrogen) atoms. The normalized spacial score (nSPS) is 13.0. The maximum atomic E-state index is 13.0. The molecule has 1 unspecified atom stereocenters. The average Bonchev–Trinajstić information content (AvgIpc) is 2.28. The van der Waals surface area contributed by atoms with Crippen molar-refractivity contribution < 1.29 is 8.60 Å². The lowest BCUT2D eigenvalue weighted by Crippen LogP contribution is -2.11. The first-order valence-corrected chi connectivity index (χ1v) is 6.83. The highest BCUT2D eigenvalue weighted by Gasteiger charge is 2.13. The molecule has 0 radical (unpaired) electrons. The highest BCUT2D eigenvalue weighted by molar-refractivity contribution is 7.85. The lowest BCUT2D eigenvalue weighted by atomic mass is 10.1. The summed E-state index contributed by atoms with van der Waals surface area (Å²) in [5.41, 5.74) is 6.10. The van der Waals surface area contributed by atoms with Gasteiger partial charge in [-0.25, -0.2) is 4.39 Å². The summed E-state index contributed by atoms with van der Waals surface area (Å²) in [6.45, 7) is 4.14. The molecule has 0 aliphatic carbocycles. The molecule has 0 aliphatic rings. The first-order chi connectivity index (χ1) is 7.58. The standard InChI is InChI=1S/C12H18FNOS/c1-3-9(4-2)8-16(15)12-7-10(13)5-6-11(12)14/h5-7,9H,3-4,8,14H2,1-2H3. The van der Waals surface area contributed by atoms with E-state index in [9.17, 15) is 8.60 Å². The largest absolute Gasteiger partial charge is 0.398 e. The number of hydrogen-bond donors (Lipinski definition) is 1. The molecule has 1 aromatic carbocycles. The van der Waals surface area contributed by atoms with Gasteiger partial charge in [-0.2, -0.15) is 0 Å². The summed E-state index contributed by atoms with van der Waals surface area (Å²) in [6, 6.07) is 4.02. The van der Waals surface area contributed by atoms with E-state index in [2.05, 4.69) is 13.8 Å². The molecule has 0 spiro atoms. The Morgan fingerprint density at radius 3 is 2.56 bits per heavy atom. The number of nitrogen functional groups attached to an aromatic ring is 1. The maximum absolute atomic E-state index is 13.0. The van der Waals surface area contributed by atoms with Crippen LogP contribution in [0.3, 0.4) is 0 Å². The fourth-order valence-electron chi connectivity index (χ4n) is 1.53.